The van der Waals surface area contributed by atoms with Gasteiger partial charge < -0.3 is 10.3 Å². The Morgan fingerprint density at radius 1 is 1.28 bits per heavy atom. The molecule has 18 heavy (non-hydrogen) atoms. The minimum atomic E-state index is -0.0720. The maximum atomic E-state index is 11.8. The number of aromatic amines is 1. The standard InChI is InChI=1S/C13H13ClN2O.ClH/c14-9-1-2-10-11(5-9)13(17)16-7-12(10)8-3-4-15-6-8;/h1-2,5,7-8,15H,3-4,6H2,(H,16,17);1H. The molecule has 1 atom stereocenters. The average molecular weight is 285 g/mol. The van der Waals surface area contributed by atoms with Crippen molar-refractivity contribution in [3.05, 3.63) is 45.3 Å². The van der Waals surface area contributed by atoms with E-state index in [4.69, 9.17) is 11.6 Å². The van der Waals surface area contributed by atoms with Crippen LogP contribution in [-0.2, 0) is 0 Å². The third-order valence-corrected chi connectivity index (χ3v) is 3.63. The van der Waals surface area contributed by atoms with E-state index in [1.54, 1.807) is 6.07 Å². The molecule has 2 heterocycles. The van der Waals surface area contributed by atoms with Gasteiger partial charge in [0.15, 0.2) is 0 Å². The molecule has 2 aromatic rings. The molecule has 3 nitrogen and oxygen atoms in total. The molecule has 1 aromatic carbocycles. The fourth-order valence-electron chi connectivity index (χ4n) is 2.51. The van der Waals surface area contributed by atoms with Crippen molar-refractivity contribution in [1.82, 2.24) is 10.3 Å². The number of rotatable bonds is 1. The number of nitrogens with one attached hydrogen (secondary N) is 2. The van der Waals surface area contributed by atoms with Crippen molar-refractivity contribution in [3.8, 4) is 0 Å². The Morgan fingerprint density at radius 2 is 2.11 bits per heavy atom. The van der Waals surface area contributed by atoms with Gasteiger partial charge in [0.25, 0.3) is 5.56 Å². The van der Waals surface area contributed by atoms with Crippen LogP contribution in [0, 0.1) is 0 Å². The van der Waals surface area contributed by atoms with Crippen molar-refractivity contribution >= 4 is 34.8 Å². The third kappa shape index (κ3) is 2.26. The van der Waals surface area contributed by atoms with Gasteiger partial charge in [0.2, 0.25) is 0 Å². The zero-order valence-corrected chi connectivity index (χ0v) is 11.3. The number of hydrogen-bond acceptors (Lipinski definition) is 2. The van der Waals surface area contributed by atoms with Crippen molar-refractivity contribution < 1.29 is 0 Å². The summed E-state index contributed by atoms with van der Waals surface area (Å²) in [5, 5.41) is 5.65. The van der Waals surface area contributed by atoms with E-state index in [0.29, 0.717) is 16.3 Å². The Kier molecular flexibility index (Phi) is 3.95. The lowest BCUT2D eigenvalue weighted by molar-refractivity contribution is 0.765. The molecule has 0 bridgehead atoms. The van der Waals surface area contributed by atoms with Crippen molar-refractivity contribution in [3.63, 3.8) is 0 Å². The quantitative estimate of drug-likeness (QED) is 0.846. The third-order valence-electron chi connectivity index (χ3n) is 3.40. The number of H-pyrrole nitrogens is 1. The fourth-order valence-corrected chi connectivity index (χ4v) is 2.68. The summed E-state index contributed by atoms with van der Waals surface area (Å²) in [6.45, 7) is 2.02. The number of fused-ring (bicyclic) bond motifs is 1. The largest absolute Gasteiger partial charge is 0.328 e. The van der Waals surface area contributed by atoms with Gasteiger partial charge in [-0.1, -0.05) is 17.7 Å². The molecule has 1 aliphatic rings. The molecule has 0 aliphatic carbocycles. The van der Waals surface area contributed by atoms with Gasteiger partial charge in [0.1, 0.15) is 0 Å². The first-order valence-electron chi connectivity index (χ1n) is 5.77. The van der Waals surface area contributed by atoms with Crippen LogP contribution in [0.4, 0.5) is 0 Å². The number of pyridine rings is 1. The molecule has 1 fully saturated rings. The predicted molar refractivity (Wildman–Crippen MR) is 77.1 cm³/mol. The molecule has 0 radical (unpaired) electrons. The minimum Gasteiger partial charge on any atom is -0.328 e. The number of hydrogen-bond donors (Lipinski definition) is 2. The highest BCUT2D eigenvalue weighted by atomic mass is 35.5. The number of halogens is 2. The Hall–Kier alpha value is -1.03. The Bertz CT molecular complexity index is 618. The van der Waals surface area contributed by atoms with Crippen LogP contribution in [0.15, 0.2) is 29.2 Å². The van der Waals surface area contributed by atoms with Gasteiger partial charge in [-0.05, 0) is 42.0 Å². The first-order valence-corrected chi connectivity index (χ1v) is 6.15. The predicted octanol–water partition coefficient (Wildman–Crippen LogP) is 2.68. The molecular weight excluding hydrogens is 271 g/mol. The lowest BCUT2D eigenvalue weighted by Crippen LogP contribution is -2.12. The highest BCUT2D eigenvalue weighted by Crippen LogP contribution is 2.28. The molecule has 0 saturated carbocycles. The summed E-state index contributed by atoms with van der Waals surface area (Å²) in [5.41, 5.74) is 1.14. The van der Waals surface area contributed by atoms with E-state index >= 15 is 0 Å². The molecule has 3 rings (SSSR count). The van der Waals surface area contributed by atoms with E-state index < -0.39 is 0 Å². The molecule has 2 N–H and O–H groups in total. The zero-order valence-electron chi connectivity index (χ0n) is 9.70. The highest BCUT2D eigenvalue weighted by Gasteiger charge is 2.19. The smallest absolute Gasteiger partial charge is 0.255 e. The first kappa shape index (κ1) is 13.4. The van der Waals surface area contributed by atoms with Crippen molar-refractivity contribution in [2.75, 3.05) is 13.1 Å². The summed E-state index contributed by atoms with van der Waals surface area (Å²) in [6, 6.07) is 5.53. The van der Waals surface area contributed by atoms with Gasteiger partial charge in [-0.25, -0.2) is 0 Å². The lowest BCUT2D eigenvalue weighted by atomic mass is 9.95. The van der Waals surface area contributed by atoms with E-state index in [9.17, 15) is 4.79 Å². The van der Waals surface area contributed by atoms with Crippen molar-refractivity contribution in [2.45, 2.75) is 12.3 Å². The van der Waals surface area contributed by atoms with Gasteiger partial charge in [0.05, 0.1) is 0 Å². The lowest BCUT2D eigenvalue weighted by Gasteiger charge is -2.11. The fraction of sp³-hybridized carbons (Fsp3) is 0.308. The van der Waals surface area contributed by atoms with E-state index in [0.717, 1.165) is 24.9 Å². The van der Waals surface area contributed by atoms with E-state index in [-0.39, 0.29) is 18.0 Å². The number of benzene rings is 1. The van der Waals surface area contributed by atoms with Gasteiger partial charge in [-0.2, -0.15) is 0 Å². The molecular formula is C13H14Cl2N2O. The van der Waals surface area contributed by atoms with Gasteiger partial charge >= 0.3 is 0 Å². The molecule has 0 spiro atoms. The van der Waals surface area contributed by atoms with Gasteiger partial charge in [-0.15, -0.1) is 12.4 Å². The van der Waals surface area contributed by atoms with Crippen LogP contribution in [0.5, 0.6) is 0 Å². The SMILES string of the molecule is Cl.O=c1[nH]cc(C2CCNC2)c2ccc(Cl)cc12. The van der Waals surface area contributed by atoms with Crippen LogP contribution in [0.2, 0.25) is 5.02 Å². The average Bonchev–Trinajstić information content (AvgIpc) is 2.84. The summed E-state index contributed by atoms with van der Waals surface area (Å²) in [7, 11) is 0. The number of aromatic nitrogens is 1. The molecule has 0 amide bonds. The van der Waals surface area contributed by atoms with Crippen LogP contribution < -0.4 is 10.9 Å². The van der Waals surface area contributed by atoms with Crippen LogP contribution in [0.1, 0.15) is 17.9 Å². The van der Waals surface area contributed by atoms with Gasteiger partial charge in [-0.3, -0.25) is 4.79 Å². The summed E-state index contributed by atoms with van der Waals surface area (Å²) in [4.78, 5) is 14.6. The molecule has 5 heteroatoms. The monoisotopic (exact) mass is 284 g/mol. The van der Waals surface area contributed by atoms with Crippen LogP contribution in [0.3, 0.4) is 0 Å². The topological polar surface area (TPSA) is 44.9 Å². The van der Waals surface area contributed by atoms with Crippen molar-refractivity contribution in [1.29, 1.82) is 0 Å². The maximum absolute atomic E-state index is 11.8. The molecule has 1 aliphatic heterocycles. The summed E-state index contributed by atoms with van der Waals surface area (Å²) >= 11 is 5.94. The van der Waals surface area contributed by atoms with Crippen LogP contribution in [0.25, 0.3) is 10.8 Å². The van der Waals surface area contributed by atoms with E-state index in [1.165, 1.54) is 5.56 Å². The minimum absolute atomic E-state index is 0. The molecule has 96 valence electrons. The Balaban J connectivity index is 0.00000120. The van der Waals surface area contributed by atoms with Gasteiger partial charge in [0, 0.05) is 23.2 Å². The maximum Gasteiger partial charge on any atom is 0.255 e. The van der Waals surface area contributed by atoms with Crippen LogP contribution >= 0.6 is 24.0 Å². The second kappa shape index (κ2) is 5.31. The summed E-state index contributed by atoms with van der Waals surface area (Å²) in [6.07, 6.45) is 2.96. The Morgan fingerprint density at radius 3 is 2.83 bits per heavy atom. The molecule has 1 unspecified atom stereocenters. The highest BCUT2D eigenvalue weighted by molar-refractivity contribution is 6.31. The molecule has 1 saturated heterocycles. The summed E-state index contributed by atoms with van der Waals surface area (Å²) in [5.74, 6) is 0.482. The van der Waals surface area contributed by atoms with E-state index in [1.807, 2.05) is 18.3 Å². The summed E-state index contributed by atoms with van der Waals surface area (Å²) < 4.78 is 0. The zero-order chi connectivity index (χ0) is 11.8. The van der Waals surface area contributed by atoms with Crippen molar-refractivity contribution in [2.24, 2.45) is 0 Å². The second-order valence-electron chi connectivity index (χ2n) is 4.45. The van der Waals surface area contributed by atoms with E-state index in [2.05, 4.69) is 10.3 Å². The second-order valence-corrected chi connectivity index (χ2v) is 4.89. The Labute approximate surface area is 116 Å². The normalized spacial score (nSPS) is 18.8. The first-order chi connectivity index (χ1) is 8.25. The van der Waals surface area contributed by atoms with Crippen LogP contribution in [-0.4, -0.2) is 18.1 Å². The molecule has 1 aromatic heterocycles.